The highest BCUT2D eigenvalue weighted by molar-refractivity contribution is 7.89. The Labute approximate surface area is 133 Å². The molecule has 22 heavy (non-hydrogen) atoms. The van der Waals surface area contributed by atoms with Gasteiger partial charge in [0.2, 0.25) is 5.89 Å². The molecule has 0 radical (unpaired) electrons. The predicted molar refractivity (Wildman–Crippen MR) is 84.9 cm³/mol. The maximum absolute atomic E-state index is 11.2. The molecule has 0 aromatic carbocycles. The molecule has 1 aromatic heterocycles. The Morgan fingerprint density at radius 2 is 1.95 bits per heavy atom. The minimum atomic E-state index is -3.13. The summed E-state index contributed by atoms with van der Waals surface area (Å²) in [5.41, 5.74) is 0.272. The molecule has 0 bridgehead atoms. The van der Waals surface area contributed by atoms with Gasteiger partial charge in [-0.15, -0.1) is 0 Å². The molecule has 1 saturated carbocycles. The molecule has 1 aliphatic rings. The molecule has 0 spiro atoms. The maximum Gasteiger partial charge on any atom is 0.240 e. The molecule has 1 fully saturated rings. The first-order valence-electron chi connectivity index (χ1n) is 7.88. The zero-order valence-electron chi connectivity index (χ0n) is 13.9. The minimum absolute atomic E-state index is 0.176. The maximum atomic E-state index is 11.2. The summed E-state index contributed by atoms with van der Waals surface area (Å²) in [5.74, 6) is 1.14. The van der Waals surface area contributed by atoms with Gasteiger partial charge in [0.05, 0.1) is 6.54 Å². The van der Waals surface area contributed by atoms with Gasteiger partial charge in [-0.2, -0.15) is 4.98 Å². The van der Waals surface area contributed by atoms with E-state index in [1.165, 1.54) is 19.3 Å². The number of sulfone groups is 1. The van der Waals surface area contributed by atoms with E-state index in [9.17, 15) is 8.42 Å². The van der Waals surface area contributed by atoms with Crippen molar-refractivity contribution in [3.63, 3.8) is 0 Å². The number of hydrogen-bond acceptors (Lipinski definition) is 6. The Balaban J connectivity index is 1.94. The SMILES string of the molecule is CC(C)(C)[C@@H]1CCCC[C@H]1NCc1nc(CS(C)(=O)=O)no1. The van der Waals surface area contributed by atoms with Crippen molar-refractivity contribution in [3.8, 4) is 0 Å². The Kier molecular flexibility index (Phi) is 5.27. The van der Waals surface area contributed by atoms with Gasteiger partial charge in [0.1, 0.15) is 5.75 Å². The summed E-state index contributed by atoms with van der Waals surface area (Å²) in [5, 5.41) is 7.25. The monoisotopic (exact) mass is 329 g/mol. The van der Waals surface area contributed by atoms with Gasteiger partial charge in [-0.1, -0.05) is 38.8 Å². The fourth-order valence-corrected chi connectivity index (χ4v) is 3.87. The molecule has 0 amide bonds. The third kappa shape index (κ3) is 5.05. The van der Waals surface area contributed by atoms with Gasteiger partial charge in [0, 0.05) is 12.3 Å². The largest absolute Gasteiger partial charge is 0.338 e. The van der Waals surface area contributed by atoms with Crippen molar-refractivity contribution in [3.05, 3.63) is 11.7 Å². The van der Waals surface area contributed by atoms with Crippen LogP contribution in [-0.4, -0.2) is 30.9 Å². The van der Waals surface area contributed by atoms with Crippen molar-refractivity contribution in [1.82, 2.24) is 15.5 Å². The zero-order valence-corrected chi connectivity index (χ0v) is 14.7. The molecule has 2 rings (SSSR count). The summed E-state index contributed by atoms with van der Waals surface area (Å²) in [7, 11) is -3.13. The Morgan fingerprint density at radius 3 is 2.59 bits per heavy atom. The summed E-state index contributed by atoms with van der Waals surface area (Å²) >= 11 is 0. The second kappa shape index (κ2) is 6.66. The third-order valence-corrected chi connectivity index (χ3v) is 5.08. The quantitative estimate of drug-likeness (QED) is 0.892. The van der Waals surface area contributed by atoms with Crippen LogP contribution in [0.25, 0.3) is 0 Å². The van der Waals surface area contributed by atoms with Crippen LogP contribution in [0, 0.1) is 11.3 Å². The fourth-order valence-electron chi connectivity index (χ4n) is 3.29. The van der Waals surface area contributed by atoms with Gasteiger partial charge < -0.3 is 9.84 Å². The van der Waals surface area contributed by atoms with Crippen LogP contribution >= 0.6 is 0 Å². The Bertz CT molecular complexity index is 589. The first-order chi connectivity index (χ1) is 10.1. The van der Waals surface area contributed by atoms with Crippen LogP contribution < -0.4 is 5.32 Å². The number of hydrogen-bond donors (Lipinski definition) is 1. The van der Waals surface area contributed by atoms with Crippen LogP contribution in [0.4, 0.5) is 0 Å². The minimum Gasteiger partial charge on any atom is -0.338 e. The fraction of sp³-hybridized carbons (Fsp3) is 0.867. The van der Waals surface area contributed by atoms with E-state index in [1.54, 1.807) is 0 Å². The summed E-state index contributed by atoms with van der Waals surface area (Å²) in [6.07, 6.45) is 6.10. The van der Waals surface area contributed by atoms with Crippen molar-refractivity contribution in [2.45, 2.75) is 64.8 Å². The lowest BCUT2D eigenvalue weighted by molar-refractivity contribution is 0.127. The lowest BCUT2D eigenvalue weighted by Crippen LogP contribution is -2.43. The van der Waals surface area contributed by atoms with Crippen LogP contribution in [0.15, 0.2) is 4.52 Å². The van der Waals surface area contributed by atoms with Gasteiger partial charge in [-0.05, 0) is 24.2 Å². The molecule has 0 unspecified atom stereocenters. The summed E-state index contributed by atoms with van der Waals surface area (Å²) < 4.78 is 27.6. The molecule has 2 atom stereocenters. The molecule has 7 heteroatoms. The lowest BCUT2D eigenvalue weighted by Gasteiger charge is -2.40. The molecule has 1 aromatic rings. The second-order valence-electron chi connectivity index (χ2n) is 7.42. The number of rotatable bonds is 5. The van der Waals surface area contributed by atoms with Crippen LogP contribution in [0.3, 0.4) is 0 Å². The van der Waals surface area contributed by atoms with Crippen LogP contribution in [0.1, 0.15) is 58.2 Å². The van der Waals surface area contributed by atoms with E-state index >= 15 is 0 Å². The highest BCUT2D eigenvalue weighted by atomic mass is 32.2. The van der Waals surface area contributed by atoms with Gasteiger partial charge in [-0.3, -0.25) is 0 Å². The van der Waals surface area contributed by atoms with Crippen LogP contribution in [0.5, 0.6) is 0 Å². The second-order valence-corrected chi connectivity index (χ2v) is 9.56. The van der Waals surface area contributed by atoms with E-state index in [-0.39, 0.29) is 17.0 Å². The molecule has 1 N–H and O–H groups in total. The number of aromatic nitrogens is 2. The highest BCUT2D eigenvalue weighted by Crippen LogP contribution is 2.38. The van der Waals surface area contributed by atoms with Crippen molar-refractivity contribution in [2.24, 2.45) is 11.3 Å². The number of nitrogens with one attached hydrogen (secondary N) is 1. The first kappa shape index (κ1) is 17.4. The first-order valence-corrected chi connectivity index (χ1v) is 9.94. The van der Waals surface area contributed by atoms with Crippen LogP contribution in [0.2, 0.25) is 0 Å². The van der Waals surface area contributed by atoms with Gasteiger partial charge in [0.15, 0.2) is 15.7 Å². The van der Waals surface area contributed by atoms with Gasteiger partial charge in [-0.25, -0.2) is 8.42 Å². The zero-order chi connectivity index (χ0) is 16.4. The highest BCUT2D eigenvalue weighted by Gasteiger charge is 2.33. The molecule has 6 nitrogen and oxygen atoms in total. The molecule has 1 aliphatic carbocycles. The van der Waals surface area contributed by atoms with Crippen molar-refractivity contribution < 1.29 is 12.9 Å². The van der Waals surface area contributed by atoms with E-state index in [0.717, 1.165) is 12.7 Å². The summed E-state index contributed by atoms with van der Waals surface area (Å²) in [4.78, 5) is 4.15. The van der Waals surface area contributed by atoms with Crippen molar-refractivity contribution in [2.75, 3.05) is 6.26 Å². The molecule has 1 heterocycles. The molecule has 0 saturated heterocycles. The lowest BCUT2D eigenvalue weighted by atomic mass is 9.69. The molecular formula is C15H27N3O3S. The van der Waals surface area contributed by atoms with E-state index in [0.29, 0.717) is 24.4 Å². The van der Waals surface area contributed by atoms with Crippen molar-refractivity contribution >= 4 is 9.84 Å². The molecule has 0 aliphatic heterocycles. The standard InChI is InChI=1S/C15H27N3O3S/c1-15(2,3)11-7-5-6-8-12(11)16-9-14-17-13(18-21-14)10-22(4,19)20/h11-12,16H,5-10H2,1-4H3/t11-,12-/m1/s1. The average molecular weight is 329 g/mol. The van der Waals surface area contributed by atoms with E-state index in [4.69, 9.17) is 4.52 Å². The summed E-state index contributed by atoms with van der Waals surface area (Å²) in [6.45, 7) is 7.35. The van der Waals surface area contributed by atoms with E-state index < -0.39 is 9.84 Å². The Hall–Kier alpha value is -0.950. The molecule has 126 valence electrons. The van der Waals surface area contributed by atoms with Gasteiger partial charge >= 0.3 is 0 Å². The smallest absolute Gasteiger partial charge is 0.240 e. The van der Waals surface area contributed by atoms with E-state index in [1.807, 2.05) is 0 Å². The van der Waals surface area contributed by atoms with E-state index in [2.05, 4.69) is 36.2 Å². The third-order valence-electron chi connectivity index (χ3n) is 4.30. The number of nitrogens with zero attached hydrogens (tertiary/aromatic N) is 2. The predicted octanol–water partition coefficient (Wildman–Crippen LogP) is 2.31. The Morgan fingerprint density at radius 1 is 1.27 bits per heavy atom. The van der Waals surface area contributed by atoms with Crippen LogP contribution in [-0.2, 0) is 22.1 Å². The normalized spacial score (nSPS) is 23.6. The average Bonchev–Trinajstić information content (AvgIpc) is 2.81. The van der Waals surface area contributed by atoms with Crippen molar-refractivity contribution in [1.29, 1.82) is 0 Å². The topological polar surface area (TPSA) is 85.1 Å². The van der Waals surface area contributed by atoms with Gasteiger partial charge in [0.25, 0.3) is 0 Å². The summed E-state index contributed by atoms with van der Waals surface area (Å²) in [6, 6.07) is 0.444. The molecular weight excluding hydrogens is 302 g/mol.